The van der Waals surface area contributed by atoms with Crippen LogP contribution in [0.5, 0.6) is 0 Å². The molecule has 2 aromatic heterocycles. The summed E-state index contributed by atoms with van der Waals surface area (Å²) < 4.78 is 4.02. The number of hydrogen-bond donors (Lipinski definition) is 0. The summed E-state index contributed by atoms with van der Waals surface area (Å²) in [5.41, 5.74) is 0. The van der Waals surface area contributed by atoms with Gasteiger partial charge in [0.15, 0.2) is 5.82 Å². The highest BCUT2D eigenvalue weighted by molar-refractivity contribution is 5.73. The molecule has 2 aromatic rings. The van der Waals surface area contributed by atoms with Crippen LogP contribution < -0.4 is 0 Å². The summed E-state index contributed by atoms with van der Waals surface area (Å²) in [5, 5.41) is 8.65. The number of carbonyl (C=O) groups is 1. The van der Waals surface area contributed by atoms with E-state index in [0.29, 0.717) is 6.54 Å². The van der Waals surface area contributed by atoms with Crippen LogP contribution in [0.2, 0.25) is 0 Å². The first kappa shape index (κ1) is 13.8. The second kappa shape index (κ2) is 5.67. The van der Waals surface area contributed by atoms with E-state index in [4.69, 9.17) is 0 Å². The van der Waals surface area contributed by atoms with Crippen molar-refractivity contribution in [2.75, 3.05) is 13.1 Å². The SMILES string of the molecule is CC(=O)N1CCCC(c2nnc(Cn3ccnc3)n2C)C1. The number of imidazole rings is 1. The van der Waals surface area contributed by atoms with Crippen molar-refractivity contribution in [3.63, 3.8) is 0 Å². The van der Waals surface area contributed by atoms with Gasteiger partial charge < -0.3 is 14.0 Å². The molecule has 1 fully saturated rings. The third-order valence-corrected chi connectivity index (χ3v) is 4.11. The van der Waals surface area contributed by atoms with Crippen LogP contribution in [0, 0.1) is 0 Å². The first-order chi connectivity index (χ1) is 10.1. The molecule has 7 nitrogen and oxygen atoms in total. The summed E-state index contributed by atoms with van der Waals surface area (Å²) in [6.07, 6.45) is 7.51. The molecule has 1 amide bonds. The van der Waals surface area contributed by atoms with Gasteiger partial charge in [-0.2, -0.15) is 0 Å². The lowest BCUT2D eigenvalue weighted by Crippen LogP contribution is -2.38. The van der Waals surface area contributed by atoms with Gasteiger partial charge in [0.25, 0.3) is 0 Å². The molecule has 1 unspecified atom stereocenters. The molecule has 0 spiro atoms. The van der Waals surface area contributed by atoms with Crippen molar-refractivity contribution in [3.8, 4) is 0 Å². The molecule has 112 valence electrons. The summed E-state index contributed by atoms with van der Waals surface area (Å²) in [4.78, 5) is 17.5. The average molecular weight is 288 g/mol. The Kier molecular flexibility index (Phi) is 3.72. The van der Waals surface area contributed by atoms with E-state index in [0.717, 1.165) is 37.6 Å². The molecule has 3 rings (SSSR count). The van der Waals surface area contributed by atoms with Gasteiger partial charge in [-0.1, -0.05) is 0 Å². The quantitative estimate of drug-likeness (QED) is 0.837. The number of amides is 1. The highest BCUT2D eigenvalue weighted by Crippen LogP contribution is 2.25. The van der Waals surface area contributed by atoms with Crippen molar-refractivity contribution < 1.29 is 4.79 Å². The van der Waals surface area contributed by atoms with Gasteiger partial charge >= 0.3 is 0 Å². The molecule has 1 saturated heterocycles. The lowest BCUT2D eigenvalue weighted by molar-refractivity contribution is -0.130. The van der Waals surface area contributed by atoms with Gasteiger partial charge in [0.05, 0.1) is 12.9 Å². The molecule has 1 atom stereocenters. The Hall–Kier alpha value is -2.18. The van der Waals surface area contributed by atoms with Crippen LogP contribution in [0.1, 0.15) is 37.3 Å². The standard InChI is InChI=1S/C14H20N6O/c1-11(21)20-6-3-4-12(8-20)14-17-16-13(18(14)2)9-19-7-5-15-10-19/h5,7,10,12H,3-4,6,8-9H2,1-2H3. The van der Waals surface area contributed by atoms with Crippen LogP contribution in [0.25, 0.3) is 0 Å². The molecular weight excluding hydrogens is 268 g/mol. The van der Waals surface area contributed by atoms with Crippen LogP contribution >= 0.6 is 0 Å². The van der Waals surface area contributed by atoms with Gasteiger partial charge in [0.2, 0.25) is 5.91 Å². The first-order valence-corrected chi connectivity index (χ1v) is 7.24. The monoisotopic (exact) mass is 288 g/mol. The molecule has 0 bridgehead atoms. The van der Waals surface area contributed by atoms with Gasteiger partial charge in [0.1, 0.15) is 5.82 Å². The van der Waals surface area contributed by atoms with E-state index in [1.165, 1.54) is 0 Å². The lowest BCUT2D eigenvalue weighted by Gasteiger charge is -2.31. The maximum atomic E-state index is 11.6. The van der Waals surface area contributed by atoms with E-state index < -0.39 is 0 Å². The van der Waals surface area contributed by atoms with Crippen LogP contribution in [0.3, 0.4) is 0 Å². The molecule has 0 radical (unpaired) electrons. The smallest absolute Gasteiger partial charge is 0.219 e. The number of piperidine rings is 1. The van der Waals surface area contributed by atoms with Crippen molar-refractivity contribution in [3.05, 3.63) is 30.4 Å². The Morgan fingerprint density at radius 3 is 3.00 bits per heavy atom. The molecular formula is C14H20N6O. The Morgan fingerprint density at radius 2 is 2.29 bits per heavy atom. The van der Waals surface area contributed by atoms with E-state index in [-0.39, 0.29) is 11.8 Å². The number of aromatic nitrogens is 5. The second-order valence-electron chi connectivity index (χ2n) is 5.57. The molecule has 0 N–H and O–H groups in total. The molecule has 0 saturated carbocycles. The number of carbonyl (C=O) groups excluding carboxylic acids is 1. The van der Waals surface area contributed by atoms with Gasteiger partial charge in [-0.15, -0.1) is 10.2 Å². The number of rotatable bonds is 3. The van der Waals surface area contributed by atoms with Gasteiger partial charge in [-0.05, 0) is 12.8 Å². The summed E-state index contributed by atoms with van der Waals surface area (Å²) in [6, 6.07) is 0. The van der Waals surface area contributed by atoms with Gasteiger partial charge in [-0.3, -0.25) is 4.79 Å². The molecule has 3 heterocycles. The number of nitrogens with zero attached hydrogens (tertiary/aromatic N) is 6. The highest BCUT2D eigenvalue weighted by Gasteiger charge is 2.26. The summed E-state index contributed by atoms with van der Waals surface area (Å²) in [5.74, 6) is 2.29. The third kappa shape index (κ3) is 2.81. The van der Waals surface area contributed by atoms with Gasteiger partial charge in [0, 0.05) is 45.4 Å². The van der Waals surface area contributed by atoms with E-state index in [1.54, 1.807) is 19.4 Å². The topological polar surface area (TPSA) is 68.8 Å². The highest BCUT2D eigenvalue weighted by atomic mass is 16.2. The predicted molar refractivity (Wildman–Crippen MR) is 76.6 cm³/mol. The largest absolute Gasteiger partial charge is 0.342 e. The van der Waals surface area contributed by atoms with Crippen LogP contribution in [0.4, 0.5) is 0 Å². The number of likely N-dealkylation sites (tertiary alicyclic amines) is 1. The minimum Gasteiger partial charge on any atom is -0.342 e. The zero-order chi connectivity index (χ0) is 14.8. The lowest BCUT2D eigenvalue weighted by atomic mass is 9.97. The van der Waals surface area contributed by atoms with Crippen molar-refractivity contribution in [1.29, 1.82) is 0 Å². The summed E-state index contributed by atoms with van der Waals surface area (Å²) in [6.45, 7) is 3.88. The Bertz CT molecular complexity index is 617. The average Bonchev–Trinajstić information content (AvgIpc) is 3.11. The Morgan fingerprint density at radius 1 is 1.43 bits per heavy atom. The van der Waals surface area contributed by atoms with E-state index in [2.05, 4.69) is 15.2 Å². The molecule has 1 aliphatic rings. The van der Waals surface area contributed by atoms with Crippen molar-refractivity contribution in [2.24, 2.45) is 7.05 Å². The van der Waals surface area contributed by atoms with Crippen molar-refractivity contribution in [1.82, 2.24) is 29.2 Å². The molecule has 0 aromatic carbocycles. The predicted octanol–water partition coefficient (Wildman–Crippen LogP) is 0.786. The van der Waals surface area contributed by atoms with Crippen LogP contribution in [-0.4, -0.2) is 48.2 Å². The van der Waals surface area contributed by atoms with Crippen molar-refractivity contribution >= 4 is 5.91 Å². The number of hydrogen-bond acceptors (Lipinski definition) is 4. The Balaban J connectivity index is 1.77. The van der Waals surface area contributed by atoms with Crippen LogP contribution in [-0.2, 0) is 18.4 Å². The Labute approximate surface area is 123 Å². The molecule has 0 aliphatic carbocycles. The third-order valence-electron chi connectivity index (χ3n) is 4.11. The van der Waals surface area contributed by atoms with E-state index in [9.17, 15) is 4.79 Å². The van der Waals surface area contributed by atoms with E-state index in [1.807, 2.05) is 27.3 Å². The maximum Gasteiger partial charge on any atom is 0.219 e. The normalized spacial score (nSPS) is 19.0. The second-order valence-corrected chi connectivity index (χ2v) is 5.57. The summed E-state index contributed by atoms with van der Waals surface area (Å²) >= 11 is 0. The summed E-state index contributed by atoms with van der Waals surface area (Å²) in [7, 11) is 1.99. The first-order valence-electron chi connectivity index (χ1n) is 7.24. The molecule has 1 aliphatic heterocycles. The van der Waals surface area contributed by atoms with Gasteiger partial charge in [-0.25, -0.2) is 4.98 Å². The molecule has 7 heteroatoms. The fourth-order valence-electron chi connectivity index (χ4n) is 2.89. The maximum absolute atomic E-state index is 11.6. The fraction of sp³-hybridized carbons (Fsp3) is 0.571. The zero-order valence-electron chi connectivity index (χ0n) is 12.4. The molecule has 21 heavy (non-hydrogen) atoms. The van der Waals surface area contributed by atoms with Crippen molar-refractivity contribution in [2.45, 2.75) is 32.2 Å². The minimum atomic E-state index is 0.139. The minimum absolute atomic E-state index is 0.139. The fourth-order valence-corrected chi connectivity index (χ4v) is 2.89. The van der Waals surface area contributed by atoms with Crippen LogP contribution in [0.15, 0.2) is 18.7 Å². The van der Waals surface area contributed by atoms with E-state index >= 15 is 0 Å². The zero-order valence-corrected chi connectivity index (χ0v) is 12.4.